The van der Waals surface area contributed by atoms with Gasteiger partial charge in [-0.05, 0) is 66.9 Å². The fraction of sp³-hybridized carbons (Fsp3) is 0.259. The number of benzene rings is 3. The van der Waals surface area contributed by atoms with E-state index in [2.05, 4.69) is 5.32 Å². The van der Waals surface area contributed by atoms with Crippen molar-refractivity contribution < 1.29 is 18.0 Å². The number of hydrogen-bond donors (Lipinski definition) is 1. The summed E-state index contributed by atoms with van der Waals surface area (Å²) in [6.07, 6.45) is 0.134. The van der Waals surface area contributed by atoms with Gasteiger partial charge in [-0.25, -0.2) is 8.42 Å². The number of aryl methyl sites for hydroxylation is 2. The smallest absolute Gasteiger partial charge is 0.243 e. The van der Waals surface area contributed by atoms with Crippen LogP contribution in [0.4, 0.5) is 11.4 Å². The molecule has 3 aromatic carbocycles. The Kier molecular flexibility index (Phi) is 7.05. The maximum absolute atomic E-state index is 12.9. The summed E-state index contributed by atoms with van der Waals surface area (Å²) in [6.45, 7) is 4.57. The Morgan fingerprint density at radius 3 is 2.34 bits per heavy atom. The molecule has 1 unspecified atom stereocenters. The molecule has 1 aliphatic rings. The molecule has 1 saturated heterocycles. The highest BCUT2D eigenvalue weighted by molar-refractivity contribution is 7.89. The Balaban J connectivity index is 1.39. The summed E-state index contributed by atoms with van der Waals surface area (Å²) in [7, 11) is -2.14. The van der Waals surface area contributed by atoms with E-state index in [0.717, 1.165) is 22.4 Å². The first-order chi connectivity index (χ1) is 16.6. The molecule has 7 nitrogen and oxygen atoms in total. The molecule has 0 aromatic heterocycles. The molecule has 4 rings (SSSR count). The molecule has 0 radical (unpaired) electrons. The Morgan fingerprint density at radius 2 is 1.69 bits per heavy atom. The van der Waals surface area contributed by atoms with Crippen LogP contribution in [-0.2, 0) is 26.2 Å². The van der Waals surface area contributed by atoms with Crippen LogP contribution >= 0.6 is 0 Å². The van der Waals surface area contributed by atoms with Gasteiger partial charge >= 0.3 is 0 Å². The predicted molar refractivity (Wildman–Crippen MR) is 137 cm³/mol. The predicted octanol–water partition coefficient (Wildman–Crippen LogP) is 4.12. The van der Waals surface area contributed by atoms with Gasteiger partial charge in [-0.2, -0.15) is 4.31 Å². The number of hydrogen-bond acceptors (Lipinski definition) is 4. The third-order valence-corrected chi connectivity index (χ3v) is 8.19. The van der Waals surface area contributed by atoms with Gasteiger partial charge in [0.15, 0.2) is 0 Å². The first-order valence-corrected chi connectivity index (χ1v) is 12.9. The Morgan fingerprint density at radius 1 is 1.00 bits per heavy atom. The summed E-state index contributed by atoms with van der Waals surface area (Å²) in [4.78, 5) is 27.2. The van der Waals surface area contributed by atoms with E-state index in [4.69, 9.17) is 0 Å². The SMILES string of the molecule is Cc1ccc(N2CC(C(=O)Nc3ccc(S(=O)(=O)N(C)Cc4ccccc4)cc3)CC2=O)cc1C. The van der Waals surface area contributed by atoms with E-state index in [1.54, 1.807) is 17.0 Å². The first kappa shape index (κ1) is 24.6. The zero-order valence-corrected chi connectivity index (χ0v) is 20.9. The molecule has 0 aliphatic carbocycles. The standard InChI is InChI=1S/C27H29N3O4S/c1-19-9-12-24(15-20(19)2)30-18-22(16-26(30)31)27(32)28-23-10-13-25(14-11-23)35(33,34)29(3)17-21-7-5-4-6-8-21/h4-15,22H,16-18H2,1-3H3,(H,28,32). The second kappa shape index (κ2) is 10.0. The van der Waals surface area contributed by atoms with E-state index < -0.39 is 15.9 Å². The molecule has 0 spiro atoms. The van der Waals surface area contributed by atoms with Crippen molar-refractivity contribution in [1.29, 1.82) is 0 Å². The average molecular weight is 492 g/mol. The molecule has 1 aliphatic heterocycles. The van der Waals surface area contributed by atoms with Gasteiger partial charge < -0.3 is 10.2 Å². The molecule has 8 heteroatoms. The molecule has 1 fully saturated rings. The van der Waals surface area contributed by atoms with Crippen LogP contribution in [0.3, 0.4) is 0 Å². The third kappa shape index (κ3) is 5.44. The van der Waals surface area contributed by atoms with Crippen molar-refractivity contribution in [2.45, 2.75) is 31.7 Å². The number of carbonyl (C=O) groups is 2. The molecule has 182 valence electrons. The van der Waals surface area contributed by atoms with Crippen molar-refractivity contribution >= 4 is 33.2 Å². The second-order valence-corrected chi connectivity index (χ2v) is 11.0. The number of amides is 2. The molecule has 3 aromatic rings. The summed E-state index contributed by atoms with van der Waals surface area (Å²) in [5.74, 6) is -0.831. The van der Waals surface area contributed by atoms with Gasteiger partial charge in [0.2, 0.25) is 21.8 Å². The van der Waals surface area contributed by atoms with Gasteiger partial charge in [0.25, 0.3) is 0 Å². The highest BCUT2D eigenvalue weighted by Crippen LogP contribution is 2.28. The Bertz CT molecular complexity index is 1340. The van der Waals surface area contributed by atoms with Gasteiger partial charge in [0, 0.05) is 37.9 Å². The summed E-state index contributed by atoms with van der Waals surface area (Å²) >= 11 is 0. The lowest BCUT2D eigenvalue weighted by Gasteiger charge is -2.18. The number of anilines is 2. The minimum absolute atomic E-state index is 0.0868. The lowest BCUT2D eigenvalue weighted by atomic mass is 10.1. The largest absolute Gasteiger partial charge is 0.326 e. The lowest BCUT2D eigenvalue weighted by molar-refractivity contribution is -0.122. The summed E-state index contributed by atoms with van der Waals surface area (Å²) in [5, 5.41) is 2.82. The zero-order valence-electron chi connectivity index (χ0n) is 20.1. The topological polar surface area (TPSA) is 86.8 Å². The van der Waals surface area contributed by atoms with Crippen LogP contribution in [-0.4, -0.2) is 38.1 Å². The number of sulfonamides is 1. The average Bonchev–Trinajstić information content (AvgIpc) is 3.23. The van der Waals surface area contributed by atoms with E-state index in [9.17, 15) is 18.0 Å². The maximum atomic E-state index is 12.9. The summed E-state index contributed by atoms with van der Waals surface area (Å²) < 4.78 is 27.1. The minimum atomic E-state index is -3.68. The van der Waals surface area contributed by atoms with E-state index in [0.29, 0.717) is 12.2 Å². The van der Waals surface area contributed by atoms with Gasteiger partial charge in [-0.3, -0.25) is 9.59 Å². The van der Waals surface area contributed by atoms with Crippen molar-refractivity contribution in [2.75, 3.05) is 23.8 Å². The Labute approximate surface area is 206 Å². The first-order valence-electron chi connectivity index (χ1n) is 11.4. The highest BCUT2D eigenvalue weighted by Gasteiger charge is 2.35. The number of rotatable bonds is 7. The van der Waals surface area contributed by atoms with E-state index >= 15 is 0 Å². The summed E-state index contributed by atoms with van der Waals surface area (Å²) in [5.41, 5.74) is 4.40. The fourth-order valence-electron chi connectivity index (χ4n) is 4.09. The molecular formula is C27H29N3O4S. The number of carbonyl (C=O) groups excluding carboxylic acids is 2. The molecule has 2 amide bonds. The van der Waals surface area contributed by atoms with Gasteiger partial charge in [-0.1, -0.05) is 36.4 Å². The van der Waals surface area contributed by atoms with Crippen LogP contribution in [0, 0.1) is 19.8 Å². The van der Waals surface area contributed by atoms with E-state index in [1.165, 1.54) is 23.5 Å². The molecular weight excluding hydrogens is 462 g/mol. The minimum Gasteiger partial charge on any atom is -0.326 e. The third-order valence-electron chi connectivity index (χ3n) is 6.38. The van der Waals surface area contributed by atoms with Crippen LogP contribution in [0.25, 0.3) is 0 Å². The molecule has 0 bridgehead atoms. The molecule has 0 saturated carbocycles. The van der Waals surface area contributed by atoms with Crippen molar-refractivity contribution in [1.82, 2.24) is 4.31 Å². The maximum Gasteiger partial charge on any atom is 0.243 e. The van der Waals surface area contributed by atoms with Crippen LogP contribution in [0.2, 0.25) is 0 Å². The van der Waals surface area contributed by atoms with Gasteiger partial charge in [0.1, 0.15) is 0 Å². The lowest BCUT2D eigenvalue weighted by Crippen LogP contribution is -2.28. The quantitative estimate of drug-likeness (QED) is 0.539. The van der Waals surface area contributed by atoms with Gasteiger partial charge in [-0.15, -0.1) is 0 Å². The number of nitrogens with zero attached hydrogens (tertiary/aromatic N) is 2. The second-order valence-electron chi connectivity index (χ2n) is 8.93. The summed E-state index contributed by atoms with van der Waals surface area (Å²) in [6, 6.07) is 21.3. The van der Waals surface area contributed by atoms with Crippen molar-refractivity contribution in [3.63, 3.8) is 0 Å². The fourth-order valence-corrected chi connectivity index (χ4v) is 5.25. The Hall–Kier alpha value is -3.49. The van der Waals surface area contributed by atoms with Gasteiger partial charge in [0.05, 0.1) is 10.8 Å². The molecule has 1 heterocycles. The van der Waals surface area contributed by atoms with Crippen molar-refractivity contribution in [3.8, 4) is 0 Å². The van der Waals surface area contributed by atoms with E-state index in [-0.39, 0.29) is 29.7 Å². The molecule has 1 atom stereocenters. The van der Waals surface area contributed by atoms with Crippen LogP contribution in [0.15, 0.2) is 77.7 Å². The highest BCUT2D eigenvalue weighted by atomic mass is 32.2. The number of nitrogens with one attached hydrogen (secondary N) is 1. The van der Waals surface area contributed by atoms with Crippen LogP contribution in [0.5, 0.6) is 0 Å². The van der Waals surface area contributed by atoms with E-state index in [1.807, 2.05) is 62.4 Å². The van der Waals surface area contributed by atoms with Crippen molar-refractivity contribution in [3.05, 3.63) is 89.5 Å². The normalized spacial score (nSPS) is 16.1. The van der Waals surface area contributed by atoms with Crippen LogP contribution in [0.1, 0.15) is 23.1 Å². The van der Waals surface area contributed by atoms with Crippen molar-refractivity contribution in [2.24, 2.45) is 5.92 Å². The molecule has 1 N–H and O–H groups in total. The monoisotopic (exact) mass is 491 g/mol. The van der Waals surface area contributed by atoms with Crippen LogP contribution < -0.4 is 10.2 Å². The molecule has 35 heavy (non-hydrogen) atoms. The zero-order chi connectivity index (χ0) is 25.2.